The topological polar surface area (TPSA) is 293 Å². The van der Waals surface area contributed by atoms with Gasteiger partial charge in [0.25, 0.3) is 0 Å². The van der Waals surface area contributed by atoms with Crippen molar-refractivity contribution >= 4 is 0 Å². The van der Waals surface area contributed by atoms with Crippen LogP contribution in [0.5, 0.6) is 0 Å². The summed E-state index contributed by atoms with van der Waals surface area (Å²) in [6.45, 7) is 3.93. The Kier molecular flexibility index (Phi) is 19.1. The van der Waals surface area contributed by atoms with E-state index in [0.717, 1.165) is 89.8 Å². The van der Waals surface area contributed by atoms with Gasteiger partial charge >= 0.3 is 0 Å². The molecule has 49 heavy (non-hydrogen) atoms. The maximum Gasteiger partial charge on any atom is 0.172 e. The summed E-state index contributed by atoms with van der Waals surface area (Å²) in [6, 6.07) is -1.14. The molecule has 1 aliphatic carbocycles. The quantitative estimate of drug-likeness (QED) is 0.0914. The van der Waals surface area contributed by atoms with E-state index in [-0.39, 0.29) is 63.0 Å². The van der Waals surface area contributed by atoms with Gasteiger partial charge in [-0.1, -0.05) is 0 Å². The molecule has 6 unspecified atom stereocenters. The van der Waals surface area contributed by atoms with Crippen molar-refractivity contribution in [1.29, 1.82) is 0 Å². The summed E-state index contributed by atoms with van der Waals surface area (Å²) < 4.78 is 21.9. The van der Waals surface area contributed by atoms with Gasteiger partial charge in [-0.15, -0.1) is 0 Å². The van der Waals surface area contributed by atoms with E-state index in [1.165, 1.54) is 0 Å². The van der Waals surface area contributed by atoms with E-state index >= 15 is 0 Å². The molecule has 5 aliphatic rings. The lowest BCUT2D eigenvalue weighted by Crippen LogP contribution is -2.62. The third-order valence-corrected chi connectivity index (χ3v) is 9.53. The van der Waals surface area contributed by atoms with Gasteiger partial charge in [0.2, 0.25) is 0 Å². The minimum absolute atomic E-state index is 0.00623. The monoisotopic (exact) mass is 708 g/mol. The standard InChI is InChI=1S/C14H28N2O5.C12H22N2O2.C6H14N2O4/c15-9-3-10(16-11(6-17)7-18)5-13(4-9)21-14-2-1-12(8-19)20-14;15-12(4-6-13-7-5-12)10-14-9-11-3-1-2-8-16-11;7-1-2-4(9)5(10)3(8)6(11)12-2/h9-14,16-19H,1-8,15H2;3,13-15H,1-2,4-10H2;2-6,9-11H,1,7-8H2/t;;2-,3+,4+,5?,6-/m..0/s1. The van der Waals surface area contributed by atoms with Crippen LogP contribution in [0.3, 0.4) is 0 Å². The van der Waals surface area contributed by atoms with E-state index in [2.05, 4.69) is 22.0 Å². The lowest BCUT2D eigenvalue weighted by molar-refractivity contribution is -0.238. The van der Waals surface area contributed by atoms with E-state index in [9.17, 15) is 15.3 Å². The Labute approximate surface area is 289 Å². The zero-order chi connectivity index (χ0) is 35.8. The number of aliphatic hydroxyl groups excluding tert-OH is 6. The first-order valence-corrected chi connectivity index (χ1v) is 17.8. The maximum atomic E-state index is 10.2. The molecule has 0 radical (unpaired) electrons. The molecular formula is C32H64N6O11. The average molecular weight is 709 g/mol. The zero-order valence-electron chi connectivity index (χ0n) is 28.7. The van der Waals surface area contributed by atoms with Crippen LogP contribution in [0, 0.1) is 0 Å². The van der Waals surface area contributed by atoms with E-state index in [1.54, 1.807) is 0 Å². The Morgan fingerprint density at radius 3 is 2.35 bits per heavy atom. The van der Waals surface area contributed by atoms with Crippen molar-refractivity contribution in [2.45, 2.75) is 131 Å². The van der Waals surface area contributed by atoms with E-state index < -0.39 is 36.2 Å². The SMILES string of the molecule is NC1CC(NC(CO)CO)CC(OC2CCC(CO)O2)C1.NC[C@@H]1O[C@H](O)[C@H](N)C(O)[C@@H]1O.OC1(CNCC2=CCCCO2)CCNCC1. The normalized spacial score (nSPS) is 36.1. The molecule has 4 heterocycles. The third kappa shape index (κ3) is 14.4. The van der Waals surface area contributed by atoms with E-state index in [0.29, 0.717) is 6.54 Å². The van der Waals surface area contributed by atoms with Crippen molar-refractivity contribution < 1.29 is 54.7 Å². The molecule has 4 aliphatic heterocycles. The molecule has 4 fully saturated rings. The fraction of sp³-hybridized carbons (Fsp3) is 0.938. The number of hydrogen-bond donors (Lipinski definition) is 13. The molecule has 288 valence electrons. The second-order valence-corrected chi connectivity index (χ2v) is 13.7. The molecule has 10 atom stereocenters. The highest BCUT2D eigenvalue weighted by Gasteiger charge is 2.41. The highest BCUT2D eigenvalue weighted by Crippen LogP contribution is 2.27. The van der Waals surface area contributed by atoms with Crippen molar-refractivity contribution in [1.82, 2.24) is 16.0 Å². The molecule has 16 N–H and O–H groups in total. The van der Waals surface area contributed by atoms with Gasteiger partial charge in [-0.2, -0.15) is 0 Å². The second kappa shape index (κ2) is 22.1. The molecule has 0 amide bonds. The summed E-state index contributed by atoms with van der Waals surface area (Å²) in [5.41, 5.74) is 16.1. The van der Waals surface area contributed by atoms with Gasteiger partial charge in [-0.05, 0) is 70.5 Å². The van der Waals surface area contributed by atoms with Gasteiger partial charge < -0.3 is 87.8 Å². The van der Waals surface area contributed by atoms with Crippen LogP contribution in [-0.2, 0) is 18.9 Å². The molecule has 0 aromatic rings. The first-order valence-electron chi connectivity index (χ1n) is 17.8. The predicted molar refractivity (Wildman–Crippen MR) is 180 cm³/mol. The fourth-order valence-electron chi connectivity index (χ4n) is 6.56. The minimum atomic E-state index is -1.27. The Morgan fingerprint density at radius 1 is 1.00 bits per heavy atom. The van der Waals surface area contributed by atoms with Crippen LogP contribution in [0.2, 0.25) is 0 Å². The molecule has 17 nitrogen and oxygen atoms in total. The van der Waals surface area contributed by atoms with Gasteiger partial charge in [0, 0.05) is 31.6 Å². The van der Waals surface area contributed by atoms with Crippen molar-refractivity contribution in [2.24, 2.45) is 17.2 Å². The highest BCUT2D eigenvalue weighted by atomic mass is 16.7. The number of nitrogens with two attached hydrogens (primary N) is 3. The summed E-state index contributed by atoms with van der Waals surface area (Å²) in [4.78, 5) is 0. The largest absolute Gasteiger partial charge is 0.497 e. The Morgan fingerprint density at radius 2 is 1.73 bits per heavy atom. The van der Waals surface area contributed by atoms with E-state index in [1.807, 2.05) is 0 Å². The van der Waals surface area contributed by atoms with Crippen LogP contribution < -0.4 is 33.2 Å². The first-order chi connectivity index (χ1) is 23.5. The van der Waals surface area contributed by atoms with Crippen molar-refractivity contribution in [3.05, 3.63) is 11.8 Å². The maximum absolute atomic E-state index is 10.2. The number of ether oxygens (including phenoxy) is 4. The van der Waals surface area contributed by atoms with Crippen LogP contribution in [-0.4, -0.2) is 168 Å². The third-order valence-electron chi connectivity index (χ3n) is 9.53. The van der Waals surface area contributed by atoms with Crippen LogP contribution in [0.4, 0.5) is 0 Å². The molecule has 3 saturated heterocycles. The lowest BCUT2D eigenvalue weighted by Gasteiger charge is -2.38. The summed E-state index contributed by atoms with van der Waals surface area (Å²) in [5.74, 6) is 1.03. The van der Waals surface area contributed by atoms with Crippen LogP contribution in [0.25, 0.3) is 0 Å². The van der Waals surface area contributed by atoms with Gasteiger partial charge in [0.1, 0.15) is 24.1 Å². The highest BCUT2D eigenvalue weighted by molar-refractivity contribution is 4.99. The molecule has 17 heteroatoms. The summed E-state index contributed by atoms with van der Waals surface area (Å²) in [6.07, 6.45) is 5.32. The van der Waals surface area contributed by atoms with Crippen molar-refractivity contribution in [3.63, 3.8) is 0 Å². The smallest absolute Gasteiger partial charge is 0.172 e. The second-order valence-electron chi connectivity index (χ2n) is 13.7. The average Bonchev–Trinajstić information content (AvgIpc) is 3.56. The fourth-order valence-corrected chi connectivity index (χ4v) is 6.56. The number of piperidine rings is 1. The molecule has 0 bridgehead atoms. The lowest BCUT2D eigenvalue weighted by atomic mass is 9.88. The van der Waals surface area contributed by atoms with Crippen LogP contribution in [0.15, 0.2) is 11.8 Å². The molecular weight excluding hydrogens is 644 g/mol. The van der Waals surface area contributed by atoms with Crippen LogP contribution >= 0.6 is 0 Å². The molecule has 0 aromatic carbocycles. The molecule has 0 spiro atoms. The summed E-state index contributed by atoms with van der Waals surface area (Å²) in [5, 5.41) is 75.0. The van der Waals surface area contributed by atoms with Crippen molar-refractivity contribution in [2.75, 3.05) is 59.2 Å². The van der Waals surface area contributed by atoms with Gasteiger partial charge in [-0.3, -0.25) is 0 Å². The number of hydrogen-bond acceptors (Lipinski definition) is 17. The van der Waals surface area contributed by atoms with Crippen LogP contribution in [0.1, 0.15) is 57.8 Å². The Hall–Kier alpha value is -1.10. The predicted octanol–water partition coefficient (Wildman–Crippen LogP) is -4.21. The zero-order valence-corrected chi connectivity index (χ0v) is 28.7. The summed E-state index contributed by atoms with van der Waals surface area (Å²) in [7, 11) is 0. The minimum Gasteiger partial charge on any atom is -0.497 e. The van der Waals surface area contributed by atoms with Gasteiger partial charge in [-0.25, -0.2) is 0 Å². The Bertz CT molecular complexity index is 927. The number of rotatable bonds is 12. The van der Waals surface area contributed by atoms with E-state index in [4.69, 9.17) is 56.6 Å². The number of allylic oxidation sites excluding steroid dienone is 1. The van der Waals surface area contributed by atoms with Gasteiger partial charge in [0.05, 0.1) is 62.9 Å². The molecule has 5 rings (SSSR count). The molecule has 0 aromatic heterocycles. The first kappa shape index (κ1) is 42.3. The Balaban J connectivity index is 0.000000207. The summed E-state index contributed by atoms with van der Waals surface area (Å²) >= 11 is 0. The van der Waals surface area contributed by atoms with Gasteiger partial charge in [0.15, 0.2) is 12.6 Å². The number of nitrogens with one attached hydrogen (secondary N) is 3. The van der Waals surface area contributed by atoms with Crippen molar-refractivity contribution in [3.8, 4) is 0 Å². The number of aliphatic hydroxyl groups is 7. The molecule has 1 saturated carbocycles.